The Hall–Kier alpha value is -0.750. The van der Waals surface area contributed by atoms with E-state index in [0.29, 0.717) is 6.04 Å². The number of hydrogen-bond donors (Lipinski definition) is 1. The van der Waals surface area contributed by atoms with Crippen molar-refractivity contribution >= 4 is 40.1 Å². The average molecular weight is 362 g/mol. The summed E-state index contributed by atoms with van der Waals surface area (Å²) in [6, 6.07) is 6.17. The summed E-state index contributed by atoms with van der Waals surface area (Å²) in [5.74, 6) is 0.847. The van der Waals surface area contributed by atoms with E-state index in [0.717, 1.165) is 20.2 Å². The molecule has 2 rings (SSSR count). The van der Waals surface area contributed by atoms with Gasteiger partial charge in [0.05, 0.1) is 5.69 Å². The predicted octanol–water partition coefficient (Wildman–Crippen LogP) is 3.95. The summed E-state index contributed by atoms with van der Waals surface area (Å²) >= 11 is 8.23. The van der Waals surface area contributed by atoms with Crippen LogP contribution < -0.4 is 5.32 Å². The van der Waals surface area contributed by atoms with Crippen molar-refractivity contribution in [2.75, 3.05) is 5.32 Å². The van der Waals surface area contributed by atoms with Gasteiger partial charge in [-0.2, -0.15) is 0 Å². The first kappa shape index (κ1) is 12.7. The smallest absolute Gasteiger partial charge is 0.207 e. The van der Waals surface area contributed by atoms with Crippen molar-refractivity contribution < 1.29 is 0 Å². The predicted molar refractivity (Wildman–Crippen MR) is 80.0 cm³/mol. The summed E-state index contributed by atoms with van der Waals surface area (Å²) in [4.78, 5) is 4.31. The van der Waals surface area contributed by atoms with Gasteiger partial charge in [0.2, 0.25) is 5.95 Å². The minimum absolute atomic E-state index is 0.348. The molecule has 1 aromatic heterocycles. The minimum atomic E-state index is 0.348. The van der Waals surface area contributed by atoms with Crippen molar-refractivity contribution in [3.63, 3.8) is 0 Å². The van der Waals surface area contributed by atoms with Crippen molar-refractivity contribution in [3.05, 3.63) is 39.2 Å². The molecule has 3 nitrogen and oxygen atoms in total. The molecule has 0 fully saturated rings. The molecule has 17 heavy (non-hydrogen) atoms. The maximum atomic E-state index is 5.96. The van der Waals surface area contributed by atoms with Crippen LogP contribution in [0, 0.1) is 3.57 Å². The number of imidazole rings is 1. The van der Waals surface area contributed by atoms with Crippen LogP contribution in [0.15, 0.2) is 30.6 Å². The second kappa shape index (κ2) is 5.27. The number of hydrogen-bond acceptors (Lipinski definition) is 2. The summed E-state index contributed by atoms with van der Waals surface area (Å²) in [5.41, 5.74) is 1.08. The highest BCUT2D eigenvalue weighted by Gasteiger charge is 2.09. The van der Waals surface area contributed by atoms with Crippen molar-refractivity contribution in [2.45, 2.75) is 19.9 Å². The number of benzene rings is 1. The standard InChI is InChI=1S/C12H13ClIN3/c1-8(2)16-12-15-5-6-17(12)11-4-3-9(13)7-10(11)14/h3-8H,1-2H3,(H,15,16). The molecule has 0 aliphatic carbocycles. The van der Waals surface area contributed by atoms with Crippen molar-refractivity contribution in [1.29, 1.82) is 0 Å². The fourth-order valence-electron chi connectivity index (χ4n) is 1.54. The van der Waals surface area contributed by atoms with Gasteiger partial charge in [-0.05, 0) is 54.6 Å². The molecule has 0 radical (unpaired) electrons. The zero-order valence-electron chi connectivity index (χ0n) is 9.61. The molecule has 1 heterocycles. The van der Waals surface area contributed by atoms with Gasteiger partial charge < -0.3 is 5.32 Å². The van der Waals surface area contributed by atoms with E-state index >= 15 is 0 Å². The van der Waals surface area contributed by atoms with Gasteiger partial charge in [0.25, 0.3) is 0 Å². The van der Waals surface area contributed by atoms with Crippen LogP contribution >= 0.6 is 34.2 Å². The Morgan fingerprint density at radius 1 is 1.41 bits per heavy atom. The molecule has 1 aromatic carbocycles. The fourth-order valence-corrected chi connectivity index (χ4v) is 2.67. The third-order valence-corrected chi connectivity index (χ3v) is 3.33. The molecule has 5 heteroatoms. The molecule has 0 spiro atoms. The summed E-state index contributed by atoms with van der Waals surface area (Å²) in [7, 11) is 0. The van der Waals surface area contributed by atoms with Crippen LogP contribution in [0.3, 0.4) is 0 Å². The second-order valence-electron chi connectivity index (χ2n) is 4.02. The van der Waals surface area contributed by atoms with Crippen LogP contribution in [0.5, 0.6) is 0 Å². The Bertz CT molecular complexity index is 522. The fraction of sp³-hybridized carbons (Fsp3) is 0.250. The van der Waals surface area contributed by atoms with E-state index in [1.54, 1.807) is 6.20 Å². The molecule has 2 aromatic rings. The van der Waals surface area contributed by atoms with Crippen LogP contribution in [0.1, 0.15) is 13.8 Å². The number of nitrogens with zero attached hydrogens (tertiary/aromatic N) is 2. The lowest BCUT2D eigenvalue weighted by molar-refractivity contribution is 0.863. The largest absolute Gasteiger partial charge is 0.353 e. The summed E-state index contributed by atoms with van der Waals surface area (Å²) in [5, 5.41) is 4.06. The van der Waals surface area contributed by atoms with E-state index in [2.05, 4.69) is 46.7 Å². The Morgan fingerprint density at radius 3 is 2.82 bits per heavy atom. The molecule has 0 atom stereocenters. The molecule has 0 saturated carbocycles. The lowest BCUT2D eigenvalue weighted by atomic mass is 10.3. The van der Waals surface area contributed by atoms with Crippen LogP contribution in [-0.2, 0) is 0 Å². The molecule has 0 unspecified atom stereocenters. The Balaban J connectivity index is 2.42. The zero-order valence-corrected chi connectivity index (χ0v) is 12.5. The third-order valence-electron chi connectivity index (χ3n) is 2.23. The van der Waals surface area contributed by atoms with Crippen molar-refractivity contribution in [3.8, 4) is 5.69 Å². The van der Waals surface area contributed by atoms with Crippen LogP contribution in [0.4, 0.5) is 5.95 Å². The first-order valence-corrected chi connectivity index (χ1v) is 6.79. The highest BCUT2D eigenvalue weighted by Crippen LogP contribution is 2.24. The van der Waals surface area contributed by atoms with Gasteiger partial charge >= 0.3 is 0 Å². The summed E-state index contributed by atoms with van der Waals surface area (Å²) in [6.45, 7) is 4.18. The molecule has 0 saturated heterocycles. The highest BCUT2D eigenvalue weighted by molar-refractivity contribution is 14.1. The molecule has 0 amide bonds. The topological polar surface area (TPSA) is 29.9 Å². The van der Waals surface area contributed by atoms with Gasteiger partial charge in [-0.3, -0.25) is 4.57 Å². The molecular weight excluding hydrogens is 349 g/mol. The van der Waals surface area contributed by atoms with E-state index in [1.165, 1.54) is 0 Å². The first-order valence-electron chi connectivity index (χ1n) is 5.33. The normalized spacial score (nSPS) is 10.9. The number of halogens is 2. The van der Waals surface area contributed by atoms with E-state index in [1.807, 2.05) is 29.0 Å². The highest BCUT2D eigenvalue weighted by atomic mass is 127. The average Bonchev–Trinajstić information content (AvgIpc) is 2.65. The van der Waals surface area contributed by atoms with E-state index in [-0.39, 0.29) is 0 Å². The molecule has 0 bridgehead atoms. The molecular formula is C12H13ClIN3. The molecule has 0 aliphatic rings. The van der Waals surface area contributed by atoms with Gasteiger partial charge in [-0.1, -0.05) is 11.6 Å². The minimum Gasteiger partial charge on any atom is -0.353 e. The lowest BCUT2D eigenvalue weighted by Crippen LogP contribution is -2.14. The second-order valence-corrected chi connectivity index (χ2v) is 5.61. The molecule has 1 N–H and O–H groups in total. The van der Waals surface area contributed by atoms with Gasteiger partial charge in [0, 0.05) is 27.0 Å². The van der Waals surface area contributed by atoms with Gasteiger partial charge in [0.15, 0.2) is 0 Å². The number of anilines is 1. The Morgan fingerprint density at radius 2 is 2.18 bits per heavy atom. The van der Waals surface area contributed by atoms with E-state index < -0.39 is 0 Å². The van der Waals surface area contributed by atoms with Gasteiger partial charge in [0.1, 0.15) is 0 Å². The quantitative estimate of drug-likeness (QED) is 0.839. The maximum absolute atomic E-state index is 5.96. The lowest BCUT2D eigenvalue weighted by Gasteiger charge is -2.13. The maximum Gasteiger partial charge on any atom is 0.207 e. The Labute approximate surface area is 119 Å². The first-order chi connectivity index (χ1) is 8.08. The summed E-state index contributed by atoms with van der Waals surface area (Å²) in [6.07, 6.45) is 3.73. The van der Waals surface area contributed by atoms with Crippen LogP contribution in [-0.4, -0.2) is 15.6 Å². The zero-order chi connectivity index (χ0) is 12.4. The monoisotopic (exact) mass is 361 g/mol. The molecule has 0 aliphatic heterocycles. The number of nitrogens with one attached hydrogen (secondary N) is 1. The van der Waals surface area contributed by atoms with Gasteiger partial charge in [-0.15, -0.1) is 0 Å². The Kier molecular flexibility index (Phi) is 3.93. The number of rotatable bonds is 3. The van der Waals surface area contributed by atoms with Crippen molar-refractivity contribution in [2.24, 2.45) is 0 Å². The van der Waals surface area contributed by atoms with Crippen molar-refractivity contribution in [1.82, 2.24) is 9.55 Å². The van der Waals surface area contributed by atoms with Crippen LogP contribution in [0.2, 0.25) is 5.02 Å². The van der Waals surface area contributed by atoms with E-state index in [4.69, 9.17) is 11.6 Å². The van der Waals surface area contributed by atoms with E-state index in [9.17, 15) is 0 Å². The summed E-state index contributed by atoms with van der Waals surface area (Å²) < 4.78 is 3.12. The van der Waals surface area contributed by atoms with Gasteiger partial charge in [-0.25, -0.2) is 4.98 Å². The molecule has 90 valence electrons. The van der Waals surface area contributed by atoms with Crippen LogP contribution in [0.25, 0.3) is 5.69 Å². The third kappa shape index (κ3) is 2.93. The number of aromatic nitrogens is 2. The SMILES string of the molecule is CC(C)Nc1nccn1-c1ccc(Cl)cc1I.